The smallest absolute Gasteiger partial charge is 0.323 e. The second-order valence-corrected chi connectivity index (χ2v) is 3.68. The van der Waals surface area contributed by atoms with Gasteiger partial charge in [-0.25, -0.2) is 0 Å². The molecule has 0 saturated carbocycles. The number of hydrogen-bond acceptors (Lipinski definition) is 4. The summed E-state index contributed by atoms with van der Waals surface area (Å²) in [5, 5.41) is 19.2. The van der Waals surface area contributed by atoms with E-state index in [-0.39, 0.29) is 12.1 Å². The molecule has 0 radical (unpaired) electrons. The van der Waals surface area contributed by atoms with Crippen LogP contribution in [0.15, 0.2) is 18.2 Å². The van der Waals surface area contributed by atoms with Crippen LogP contribution in [-0.4, -0.2) is 39.9 Å². The number of hydrogen-bond donors (Lipinski definition) is 1. The van der Waals surface area contributed by atoms with Crippen molar-refractivity contribution < 1.29 is 24.0 Å². The second kappa shape index (κ2) is 6.29. The minimum Gasteiger partial charge on any atom is -0.480 e. The number of amides is 1. The first-order valence-electron chi connectivity index (χ1n) is 5.25. The Balaban J connectivity index is 3.12. The number of benzene rings is 1. The van der Waals surface area contributed by atoms with Crippen LogP contribution in [0.4, 0.5) is 10.1 Å². The van der Waals surface area contributed by atoms with E-state index < -0.39 is 34.8 Å². The lowest BCUT2D eigenvalue weighted by Gasteiger charge is -2.17. The monoisotopic (exact) mass is 280 g/mol. The number of nitro benzene ring substituents is 1. The molecular formula is C12H9FN2O5. The van der Waals surface area contributed by atoms with E-state index in [0.717, 1.165) is 23.1 Å². The Bertz CT molecular complexity index is 608. The molecular weight excluding hydrogens is 271 g/mol. The van der Waals surface area contributed by atoms with Gasteiger partial charge in [-0.3, -0.25) is 19.7 Å². The predicted molar refractivity (Wildman–Crippen MR) is 65.4 cm³/mol. The first-order valence-corrected chi connectivity index (χ1v) is 5.25. The number of carboxylic acid groups (broad SMARTS) is 1. The summed E-state index contributed by atoms with van der Waals surface area (Å²) in [4.78, 5) is 33.0. The second-order valence-electron chi connectivity index (χ2n) is 3.68. The number of nitro groups is 1. The number of carbonyl (C=O) groups is 2. The molecule has 1 aromatic rings. The molecule has 1 amide bonds. The molecule has 0 fully saturated rings. The van der Waals surface area contributed by atoms with E-state index in [9.17, 15) is 24.1 Å². The molecule has 20 heavy (non-hydrogen) atoms. The Hall–Kier alpha value is -2.95. The van der Waals surface area contributed by atoms with Gasteiger partial charge in [-0.1, -0.05) is 5.92 Å². The van der Waals surface area contributed by atoms with Crippen LogP contribution in [0.3, 0.4) is 0 Å². The van der Waals surface area contributed by atoms with Crippen LogP contribution in [-0.2, 0) is 4.79 Å². The molecule has 0 aliphatic heterocycles. The lowest BCUT2D eigenvalue weighted by atomic mass is 10.1. The lowest BCUT2D eigenvalue weighted by molar-refractivity contribution is -0.387. The van der Waals surface area contributed by atoms with Crippen LogP contribution in [0.5, 0.6) is 0 Å². The summed E-state index contributed by atoms with van der Waals surface area (Å²) in [5.41, 5.74) is -1.08. The summed E-state index contributed by atoms with van der Waals surface area (Å²) in [5.74, 6) is -1.10. The molecule has 0 aliphatic rings. The molecule has 0 bridgehead atoms. The van der Waals surface area contributed by atoms with Gasteiger partial charge >= 0.3 is 11.7 Å². The summed E-state index contributed by atoms with van der Waals surface area (Å²) in [6.45, 7) is -0.940. The van der Waals surface area contributed by atoms with Crippen molar-refractivity contribution in [3.63, 3.8) is 0 Å². The standard InChI is InChI=1S/C12H9FN2O5/c1-2-5-14(7-11(16)17)12(18)8-3-4-9(13)10(6-8)15(19)20/h1,3-4,6H,5,7H2,(H,16,17). The van der Waals surface area contributed by atoms with Gasteiger partial charge in [0.25, 0.3) is 5.91 Å². The maximum absolute atomic E-state index is 13.2. The lowest BCUT2D eigenvalue weighted by Crippen LogP contribution is -2.36. The molecule has 1 rings (SSSR count). The molecule has 0 aromatic heterocycles. The highest BCUT2D eigenvalue weighted by molar-refractivity contribution is 5.96. The summed E-state index contributed by atoms with van der Waals surface area (Å²) in [7, 11) is 0. The van der Waals surface area contributed by atoms with Gasteiger partial charge in [0.2, 0.25) is 5.82 Å². The van der Waals surface area contributed by atoms with E-state index in [1.165, 1.54) is 0 Å². The minimum absolute atomic E-state index is 0.213. The van der Waals surface area contributed by atoms with Crippen molar-refractivity contribution in [1.82, 2.24) is 4.90 Å². The molecule has 0 spiro atoms. The third-order valence-electron chi connectivity index (χ3n) is 2.29. The van der Waals surface area contributed by atoms with Crippen molar-refractivity contribution in [3.8, 4) is 12.3 Å². The number of halogens is 1. The highest BCUT2D eigenvalue weighted by atomic mass is 19.1. The molecule has 1 aromatic carbocycles. The van der Waals surface area contributed by atoms with E-state index in [2.05, 4.69) is 5.92 Å². The molecule has 0 saturated heterocycles. The Kier molecular flexibility index (Phi) is 4.75. The number of rotatable bonds is 5. The van der Waals surface area contributed by atoms with Gasteiger partial charge in [0.05, 0.1) is 11.5 Å². The predicted octanol–water partition coefficient (Wildman–Crippen LogP) is 0.894. The average Bonchev–Trinajstić information content (AvgIpc) is 2.37. The maximum atomic E-state index is 13.2. The number of carbonyl (C=O) groups excluding carboxylic acids is 1. The fourth-order valence-corrected chi connectivity index (χ4v) is 1.44. The molecule has 0 atom stereocenters. The summed E-state index contributed by atoms with van der Waals surface area (Å²) in [6.07, 6.45) is 5.02. The third-order valence-corrected chi connectivity index (χ3v) is 2.29. The molecule has 7 nitrogen and oxygen atoms in total. The molecule has 8 heteroatoms. The van der Waals surface area contributed by atoms with Gasteiger partial charge in [-0.15, -0.1) is 6.42 Å². The molecule has 0 aliphatic carbocycles. The van der Waals surface area contributed by atoms with Crippen LogP contribution in [0.1, 0.15) is 10.4 Å². The highest BCUT2D eigenvalue weighted by Gasteiger charge is 2.22. The van der Waals surface area contributed by atoms with Gasteiger partial charge in [-0.2, -0.15) is 4.39 Å². The van der Waals surface area contributed by atoms with Crippen molar-refractivity contribution >= 4 is 17.6 Å². The van der Waals surface area contributed by atoms with E-state index in [1.54, 1.807) is 0 Å². The number of aliphatic carboxylic acids is 1. The van der Waals surface area contributed by atoms with Crippen molar-refractivity contribution in [2.45, 2.75) is 0 Å². The van der Waals surface area contributed by atoms with Gasteiger partial charge in [0.1, 0.15) is 6.54 Å². The zero-order chi connectivity index (χ0) is 15.3. The summed E-state index contributed by atoms with van der Waals surface area (Å²) >= 11 is 0. The fraction of sp³-hybridized carbons (Fsp3) is 0.167. The number of carboxylic acids is 1. The quantitative estimate of drug-likeness (QED) is 0.490. The SMILES string of the molecule is C#CCN(CC(=O)O)C(=O)c1ccc(F)c([N+](=O)[O-])c1. The first-order chi connectivity index (χ1) is 9.36. The van der Waals surface area contributed by atoms with Crippen LogP contribution in [0.2, 0.25) is 0 Å². The zero-order valence-electron chi connectivity index (χ0n) is 10.1. The fourth-order valence-electron chi connectivity index (χ4n) is 1.44. The molecule has 104 valence electrons. The Morgan fingerprint density at radius 2 is 2.15 bits per heavy atom. The van der Waals surface area contributed by atoms with Gasteiger partial charge in [0, 0.05) is 11.6 Å². The van der Waals surface area contributed by atoms with Crippen LogP contribution in [0.25, 0.3) is 0 Å². The van der Waals surface area contributed by atoms with Gasteiger partial charge in [0.15, 0.2) is 0 Å². The van der Waals surface area contributed by atoms with Crippen molar-refractivity contribution in [3.05, 3.63) is 39.7 Å². The van der Waals surface area contributed by atoms with Crippen molar-refractivity contribution in [1.29, 1.82) is 0 Å². The van der Waals surface area contributed by atoms with Crippen LogP contribution in [0, 0.1) is 28.3 Å². The molecule has 0 heterocycles. The largest absolute Gasteiger partial charge is 0.480 e. The minimum atomic E-state index is -1.29. The number of terminal acetylenes is 1. The van der Waals surface area contributed by atoms with Gasteiger partial charge in [-0.05, 0) is 12.1 Å². The maximum Gasteiger partial charge on any atom is 0.323 e. The topological polar surface area (TPSA) is 101 Å². The van der Waals surface area contributed by atoms with Crippen LogP contribution < -0.4 is 0 Å². The van der Waals surface area contributed by atoms with E-state index in [4.69, 9.17) is 11.5 Å². The average molecular weight is 280 g/mol. The Labute approximate surface area is 112 Å². The third kappa shape index (κ3) is 3.52. The van der Waals surface area contributed by atoms with Gasteiger partial charge < -0.3 is 10.0 Å². The van der Waals surface area contributed by atoms with Crippen molar-refractivity contribution in [2.24, 2.45) is 0 Å². The first kappa shape index (κ1) is 15.1. The Morgan fingerprint density at radius 1 is 1.50 bits per heavy atom. The highest BCUT2D eigenvalue weighted by Crippen LogP contribution is 2.19. The Morgan fingerprint density at radius 3 is 2.65 bits per heavy atom. The van der Waals surface area contributed by atoms with Crippen molar-refractivity contribution in [2.75, 3.05) is 13.1 Å². The number of nitrogens with zero attached hydrogens (tertiary/aromatic N) is 2. The summed E-state index contributed by atoms with van der Waals surface area (Å²) < 4.78 is 13.2. The summed E-state index contributed by atoms with van der Waals surface area (Å²) in [6, 6.07) is 2.53. The van der Waals surface area contributed by atoms with E-state index in [0.29, 0.717) is 0 Å². The molecule has 0 unspecified atom stereocenters. The molecule has 1 N–H and O–H groups in total. The van der Waals surface area contributed by atoms with Crippen LogP contribution >= 0.6 is 0 Å². The normalized spacial score (nSPS) is 9.60. The van der Waals surface area contributed by atoms with E-state index >= 15 is 0 Å². The zero-order valence-corrected chi connectivity index (χ0v) is 10.1. The van der Waals surface area contributed by atoms with E-state index in [1.807, 2.05) is 0 Å².